The highest BCUT2D eigenvalue weighted by Crippen LogP contribution is 2.16. The van der Waals surface area contributed by atoms with Crippen LogP contribution in [-0.2, 0) is 17.8 Å². The van der Waals surface area contributed by atoms with Crippen molar-refractivity contribution in [1.29, 1.82) is 0 Å². The van der Waals surface area contributed by atoms with Crippen molar-refractivity contribution in [2.45, 2.75) is 31.9 Å². The second-order valence-corrected chi connectivity index (χ2v) is 7.16. The predicted molar refractivity (Wildman–Crippen MR) is 72.0 cm³/mol. The lowest BCUT2D eigenvalue weighted by Crippen LogP contribution is -2.25. The molecule has 6 heteroatoms. The summed E-state index contributed by atoms with van der Waals surface area (Å²) in [6.07, 6.45) is 1.67. The van der Waals surface area contributed by atoms with E-state index in [4.69, 9.17) is 0 Å². The molecule has 0 bridgehead atoms. The van der Waals surface area contributed by atoms with Crippen molar-refractivity contribution in [3.8, 4) is 0 Å². The lowest BCUT2D eigenvalue weighted by Gasteiger charge is -2.17. The molecule has 1 atom stereocenters. The summed E-state index contributed by atoms with van der Waals surface area (Å²) in [4.78, 5) is 3.98. The van der Waals surface area contributed by atoms with E-state index in [-0.39, 0.29) is 17.9 Å². The molecule has 1 aromatic rings. The van der Waals surface area contributed by atoms with Gasteiger partial charge in [0.1, 0.15) is 26.5 Å². The van der Waals surface area contributed by atoms with Gasteiger partial charge in [0.05, 0.1) is 11.9 Å². The van der Waals surface area contributed by atoms with Crippen LogP contribution < -0.4 is 0 Å². The summed E-state index contributed by atoms with van der Waals surface area (Å²) in [5.74, 6) is -0.388. The van der Waals surface area contributed by atoms with E-state index in [1.807, 2.05) is 20.8 Å². The van der Waals surface area contributed by atoms with E-state index in [1.54, 1.807) is 0 Å². The Balaban J connectivity index is 2.67. The number of aromatic nitrogens is 1. The SMILES string of the molecule is CC(C)(C)[S+]([O-])N=CCc1nc(Br)ccc1F. The molecule has 0 saturated heterocycles. The van der Waals surface area contributed by atoms with Gasteiger partial charge in [-0.2, -0.15) is 0 Å². The fraction of sp³-hybridized carbons (Fsp3) is 0.455. The Morgan fingerprint density at radius 2 is 2.18 bits per heavy atom. The van der Waals surface area contributed by atoms with Crippen molar-refractivity contribution in [3.63, 3.8) is 0 Å². The molecule has 3 nitrogen and oxygen atoms in total. The molecule has 0 amide bonds. The highest BCUT2D eigenvalue weighted by Gasteiger charge is 2.25. The molecular formula is C11H14BrFN2OS. The first-order chi connectivity index (χ1) is 7.80. The largest absolute Gasteiger partial charge is 0.591 e. The highest BCUT2D eigenvalue weighted by molar-refractivity contribution is 9.10. The van der Waals surface area contributed by atoms with Crippen molar-refractivity contribution in [3.05, 3.63) is 28.2 Å². The van der Waals surface area contributed by atoms with Crippen LogP contribution >= 0.6 is 15.9 Å². The van der Waals surface area contributed by atoms with E-state index in [0.717, 1.165) is 0 Å². The summed E-state index contributed by atoms with van der Waals surface area (Å²) in [6.45, 7) is 5.50. The predicted octanol–water partition coefficient (Wildman–Crippen LogP) is 3.06. The van der Waals surface area contributed by atoms with E-state index in [1.165, 1.54) is 18.3 Å². The quantitative estimate of drug-likeness (QED) is 0.488. The topological polar surface area (TPSA) is 48.3 Å². The molecule has 0 N–H and O–H groups in total. The zero-order chi connectivity index (χ0) is 13.1. The summed E-state index contributed by atoms with van der Waals surface area (Å²) in [6, 6.07) is 2.87. The normalized spacial score (nSPS) is 14.2. The van der Waals surface area contributed by atoms with Gasteiger partial charge >= 0.3 is 0 Å². The van der Waals surface area contributed by atoms with Gasteiger partial charge in [-0.1, -0.05) is 4.40 Å². The molecule has 0 spiro atoms. The molecule has 0 radical (unpaired) electrons. The Kier molecular flexibility index (Phi) is 5.09. The Labute approximate surface area is 112 Å². The minimum atomic E-state index is -1.32. The molecule has 1 heterocycles. The molecule has 0 aliphatic rings. The lowest BCUT2D eigenvalue weighted by molar-refractivity contribution is 0.561. The van der Waals surface area contributed by atoms with E-state index in [2.05, 4.69) is 25.3 Å². The van der Waals surface area contributed by atoms with Gasteiger partial charge in [0.25, 0.3) is 0 Å². The maximum Gasteiger partial charge on any atom is 0.145 e. The minimum Gasteiger partial charge on any atom is -0.591 e. The summed E-state index contributed by atoms with van der Waals surface area (Å²) >= 11 is 1.85. The molecule has 1 aromatic heterocycles. The Hall–Kier alpha value is -0.460. The third kappa shape index (κ3) is 4.73. The molecule has 94 valence electrons. The van der Waals surface area contributed by atoms with E-state index in [0.29, 0.717) is 4.60 Å². The second-order valence-electron chi connectivity index (χ2n) is 4.42. The maximum atomic E-state index is 13.3. The van der Waals surface area contributed by atoms with Crippen LogP contribution in [0, 0.1) is 5.82 Å². The summed E-state index contributed by atoms with van der Waals surface area (Å²) in [5.41, 5.74) is 0.286. The summed E-state index contributed by atoms with van der Waals surface area (Å²) < 4.78 is 29.0. The third-order valence-corrected chi connectivity index (χ3v) is 3.69. The Bertz CT molecular complexity index is 420. The van der Waals surface area contributed by atoms with Gasteiger partial charge in [-0.05, 0) is 48.8 Å². The zero-order valence-electron chi connectivity index (χ0n) is 9.91. The van der Waals surface area contributed by atoms with Gasteiger partial charge in [-0.3, -0.25) is 0 Å². The van der Waals surface area contributed by atoms with Crippen molar-refractivity contribution in [1.82, 2.24) is 4.98 Å². The summed E-state index contributed by atoms with van der Waals surface area (Å²) in [5, 5.41) is 0. The van der Waals surface area contributed by atoms with Crippen LogP contribution in [0.15, 0.2) is 21.1 Å². The van der Waals surface area contributed by atoms with Crippen LogP contribution in [0.4, 0.5) is 4.39 Å². The smallest absolute Gasteiger partial charge is 0.145 e. The molecule has 0 aliphatic heterocycles. The molecule has 0 aliphatic carbocycles. The highest BCUT2D eigenvalue weighted by atomic mass is 79.9. The second kappa shape index (κ2) is 5.93. The van der Waals surface area contributed by atoms with Crippen molar-refractivity contribution < 1.29 is 8.94 Å². The molecule has 17 heavy (non-hydrogen) atoms. The van der Waals surface area contributed by atoms with E-state index in [9.17, 15) is 8.94 Å². The van der Waals surface area contributed by atoms with Gasteiger partial charge in [0.15, 0.2) is 0 Å². The number of nitrogens with zero attached hydrogens (tertiary/aromatic N) is 2. The van der Waals surface area contributed by atoms with Crippen molar-refractivity contribution in [2.75, 3.05) is 0 Å². The first-order valence-corrected chi connectivity index (χ1v) is 6.96. The molecule has 0 aromatic carbocycles. The molecule has 0 saturated carbocycles. The number of rotatable bonds is 3. The standard InChI is InChI=1S/C11H14BrFN2OS/c1-11(2,3)17(16)14-7-6-9-8(13)4-5-10(12)15-9/h4-5,7H,6H2,1-3H3. The van der Waals surface area contributed by atoms with Gasteiger partial charge in [0, 0.05) is 6.42 Å². The van der Waals surface area contributed by atoms with Crippen molar-refractivity contribution in [2.24, 2.45) is 4.40 Å². The average molecular weight is 321 g/mol. The fourth-order valence-electron chi connectivity index (χ4n) is 0.950. The summed E-state index contributed by atoms with van der Waals surface area (Å²) in [7, 11) is 0. The number of hydrogen-bond donors (Lipinski definition) is 0. The first kappa shape index (κ1) is 14.6. The Morgan fingerprint density at radius 3 is 2.76 bits per heavy atom. The van der Waals surface area contributed by atoms with Gasteiger partial charge < -0.3 is 4.55 Å². The average Bonchev–Trinajstić information content (AvgIpc) is 2.21. The monoisotopic (exact) mass is 320 g/mol. The molecule has 1 rings (SSSR count). The van der Waals surface area contributed by atoms with E-state index < -0.39 is 16.1 Å². The fourth-order valence-corrected chi connectivity index (χ4v) is 1.82. The number of hydrogen-bond acceptors (Lipinski definition) is 3. The van der Waals surface area contributed by atoms with Crippen LogP contribution in [0.2, 0.25) is 0 Å². The van der Waals surface area contributed by atoms with Gasteiger partial charge in [-0.15, -0.1) is 0 Å². The maximum absolute atomic E-state index is 13.3. The Morgan fingerprint density at radius 1 is 1.53 bits per heavy atom. The van der Waals surface area contributed by atoms with Gasteiger partial charge in [0.2, 0.25) is 0 Å². The van der Waals surface area contributed by atoms with E-state index >= 15 is 0 Å². The van der Waals surface area contributed by atoms with Crippen LogP contribution in [0.1, 0.15) is 26.5 Å². The molecular weight excluding hydrogens is 307 g/mol. The van der Waals surface area contributed by atoms with Crippen LogP contribution in [0.5, 0.6) is 0 Å². The minimum absolute atomic E-state index is 0.229. The first-order valence-electron chi connectivity index (χ1n) is 5.06. The zero-order valence-corrected chi connectivity index (χ0v) is 12.3. The van der Waals surface area contributed by atoms with Crippen LogP contribution in [0.3, 0.4) is 0 Å². The molecule has 1 unspecified atom stereocenters. The number of halogens is 2. The van der Waals surface area contributed by atoms with Crippen molar-refractivity contribution >= 4 is 33.5 Å². The third-order valence-electron chi connectivity index (χ3n) is 1.86. The number of pyridine rings is 1. The van der Waals surface area contributed by atoms with Gasteiger partial charge in [-0.25, -0.2) is 9.37 Å². The van der Waals surface area contributed by atoms with Crippen LogP contribution in [-0.4, -0.2) is 20.5 Å². The molecule has 0 fully saturated rings. The lowest BCUT2D eigenvalue weighted by atomic mass is 10.3. The van der Waals surface area contributed by atoms with Crippen LogP contribution in [0.25, 0.3) is 0 Å².